The van der Waals surface area contributed by atoms with E-state index in [0.717, 1.165) is 0 Å². The van der Waals surface area contributed by atoms with Gasteiger partial charge in [-0.3, -0.25) is 0 Å². The van der Waals surface area contributed by atoms with Crippen LogP contribution in [0.15, 0.2) is 17.7 Å². The molecule has 0 bridgehead atoms. The van der Waals surface area contributed by atoms with Crippen molar-refractivity contribution in [1.82, 2.24) is 0 Å². The van der Waals surface area contributed by atoms with E-state index in [0.29, 0.717) is 41.7 Å². The second kappa shape index (κ2) is 12.9. The molecule has 1 N–H and O–H groups in total. The van der Waals surface area contributed by atoms with Crippen LogP contribution in [-0.2, 0) is 17.1 Å². The smallest absolute Gasteiger partial charge is 0.469 e. The average Bonchev–Trinajstić information content (AvgIpc) is 2.67. The van der Waals surface area contributed by atoms with Crippen molar-refractivity contribution in [3.05, 3.63) is 23.3 Å². The predicted octanol–water partition coefficient (Wildman–Crippen LogP) is 6.45. The van der Waals surface area contributed by atoms with Crippen LogP contribution in [0.1, 0.15) is 18.4 Å². The molecule has 0 aromatic heterocycles. The minimum atomic E-state index is -3.03. The first kappa shape index (κ1) is 32.6. The van der Waals surface area contributed by atoms with Gasteiger partial charge in [-0.25, -0.2) is 4.79 Å². The van der Waals surface area contributed by atoms with Gasteiger partial charge < -0.3 is 31.7 Å². The third kappa shape index (κ3) is 11.3. The molecule has 0 spiro atoms. The lowest BCUT2D eigenvalue weighted by Gasteiger charge is -2.43. The molecule has 0 aliphatic heterocycles. The molecule has 8 nitrogen and oxygen atoms in total. The molecular weight excluding hydrogens is 529 g/mol. The van der Waals surface area contributed by atoms with Crippen LogP contribution in [-0.4, -0.2) is 66.2 Å². The van der Waals surface area contributed by atoms with Gasteiger partial charge in [0.25, 0.3) is 0 Å². The summed E-state index contributed by atoms with van der Waals surface area (Å²) in [7, 11) is -4.43. The van der Waals surface area contributed by atoms with Gasteiger partial charge in [0.05, 0.1) is 21.3 Å². The summed E-state index contributed by atoms with van der Waals surface area (Å²) < 4.78 is 36.3. The van der Waals surface area contributed by atoms with E-state index >= 15 is 0 Å². The monoisotopic (exact) mass is 574 g/mol. The van der Waals surface area contributed by atoms with Gasteiger partial charge in [-0.15, -0.1) is 0 Å². The molecule has 1 aromatic carbocycles. The van der Waals surface area contributed by atoms with Crippen LogP contribution >= 0.6 is 0 Å². The fraction of sp³-hybridized carbons (Fsp3) is 0.625. The third-order valence-corrected chi connectivity index (χ3v) is 16.7. The molecule has 0 saturated carbocycles. The van der Waals surface area contributed by atoms with E-state index < -0.39 is 39.7 Å². The fourth-order valence-corrected chi connectivity index (χ4v) is 18.4. The average molecular weight is 575 g/mol. The van der Waals surface area contributed by atoms with Crippen LogP contribution in [0.3, 0.4) is 0 Å². The molecule has 0 atom stereocenters. The first-order valence-electron chi connectivity index (χ1n) is 12.2. The highest BCUT2D eigenvalue weighted by molar-refractivity contribution is 6.90. The number of hydrogen-bond acceptors (Lipinski definition) is 7. The number of ether oxygens (including phenoxy) is 3. The molecule has 0 radical (unpaired) electrons. The van der Waals surface area contributed by atoms with E-state index in [4.69, 9.17) is 26.6 Å². The Kier molecular flexibility index (Phi) is 11.7. The van der Waals surface area contributed by atoms with Crippen molar-refractivity contribution in [2.45, 2.75) is 77.8 Å². The van der Waals surface area contributed by atoms with Crippen LogP contribution in [0.2, 0.25) is 65.0 Å². The van der Waals surface area contributed by atoms with Gasteiger partial charge in [-0.1, -0.05) is 0 Å². The summed E-state index contributed by atoms with van der Waals surface area (Å²) in [6.45, 7) is 19.3. The lowest BCUT2D eigenvalue weighted by molar-refractivity contribution is -0.132. The van der Waals surface area contributed by atoms with Gasteiger partial charge in [-0.05, 0) is 95.5 Å². The minimum Gasteiger partial charge on any atom is -0.493 e. The molecule has 0 fully saturated rings. The molecule has 0 unspecified atom stereocenters. The number of carboxylic acid groups (broad SMARTS) is 1. The Hall–Kier alpha value is -1.42. The zero-order chi connectivity index (χ0) is 27.9. The Balaban J connectivity index is 3.32. The molecule has 0 aliphatic rings. The number of benzene rings is 1. The van der Waals surface area contributed by atoms with E-state index in [9.17, 15) is 9.90 Å². The first-order valence-corrected chi connectivity index (χ1v) is 24.3. The van der Waals surface area contributed by atoms with E-state index in [1.807, 2.05) is 0 Å². The molecule has 0 aliphatic carbocycles. The quantitative estimate of drug-likeness (QED) is 0.189. The van der Waals surface area contributed by atoms with Crippen molar-refractivity contribution >= 4 is 45.8 Å². The summed E-state index contributed by atoms with van der Waals surface area (Å²) in [6, 6.07) is 4.05. The van der Waals surface area contributed by atoms with Crippen LogP contribution < -0.4 is 14.2 Å². The highest BCUT2D eigenvalue weighted by atomic mass is 28.5. The number of rotatable bonds is 15. The van der Waals surface area contributed by atoms with Crippen LogP contribution in [0.5, 0.6) is 17.2 Å². The SMILES string of the molecule is COc1cc(C=C(CCC[Si](O[Si](C)(C)C)(O[Si](C)(C)C)O[Si](C)(C)C)C(=O)O)cc(OC)c1OC. The lowest BCUT2D eigenvalue weighted by Crippen LogP contribution is -2.60. The largest absolute Gasteiger partial charge is 0.493 e. The van der Waals surface area contributed by atoms with Crippen molar-refractivity contribution in [3.8, 4) is 17.2 Å². The molecule has 1 aromatic rings. The molecule has 36 heavy (non-hydrogen) atoms. The van der Waals surface area contributed by atoms with Crippen LogP contribution in [0, 0.1) is 0 Å². The van der Waals surface area contributed by atoms with Gasteiger partial charge in [0.1, 0.15) is 0 Å². The number of aliphatic carboxylic acids is 1. The van der Waals surface area contributed by atoms with E-state index in [-0.39, 0.29) is 5.57 Å². The topological polar surface area (TPSA) is 92.7 Å². The third-order valence-electron chi connectivity index (χ3n) is 4.62. The summed E-state index contributed by atoms with van der Waals surface area (Å²) >= 11 is 0. The Morgan fingerprint density at radius 1 is 0.778 bits per heavy atom. The summed E-state index contributed by atoms with van der Waals surface area (Å²) in [4.78, 5) is 12.2. The van der Waals surface area contributed by atoms with Crippen LogP contribution in [0.4, 0.5) is 0 Å². The van der Waals surface area contributed by atoms with Crippen molar-refractivity contribution in [2.75, 3.05) is 21.3 Å². The molecular formula is C24H46O8Si4. The van der Waals surface area contributed by atoms with Crippen LogP contribution in [0.25, 0.3) is 6.08 Å². The second-order valence-corrected chi connectivity index (χ2v) is 28.6. The van der Waals surface area contributed by atoms with Crippen molar-refractivity contribution < 1.29 is 36.5 Å². The standard InChI is InChI=1S/C24H46O8Si4/c1-27-21-17-19(18-22(28-2)23(21)29-3)16-20(24(25)26)14-13-15-36(30-33(4,5)6,31-34(7,8)9)32-35(10,11)12/h16-18H,13-15H2,1-12H3,(H,25,26). The number of carbonyl (C=O) groups is 1. The molecule has 206 valence electrons. The molecule has 1 rings (SSSR count). The van der Waals surface area contributed by atoms with Gasteiger partial charge in [0, 0.05) is 11.6 Å². The summed E-state index contributed by atoms with van der Waals surface area (Å²) in [6.07, 6.45) is 2.57. The highest BCUT2D eigenvalue weighted by Gasteiger charge is 2.49. The maximum atomic E-state index is 12.2. The van der Waals surface area contributed by atoms with E-state index in [2.05, 4.69) is 58.9 Å². The zero-order valence-electron chi connectivity index (χ0n) is 24.2. The molecule has 0 amide bonds. The fourth-order valence-electron chi connectivity index (χ4n) is 3.74. The molecule has 0 saturated heterocycles. The zero-order valence-corrected chi connectivity index (χ0v) is 28.2. The lowest BCUT2D eigenvalue weighted by atomic mass is 10.1. The summed E-state index contributed by atoms with van der Waals surface area (Å²) in [5.41, 5.74) is 0.932. The van der Waals surface area contributed by atoms with E-state index in [1.165, 1.54) is 21.3 Å². The van der Waals surface area contributed by atoms with Gasteiger partial charge in [0.15, 0.2) is 36.5 Å². The molecule has 12 heteroatoms. The Morgan fingerprint density at radius 2 is 1.19 bits per heavy atom. The van der Waals surface area contributed by atoms with Crippen molar-refractivity contribution in [3.63, 3.8) is 0 Å². The maximum Gasteiger partial charge on any atom is 0.469 e. The summed E-state index contributed by atoms with van der Waals surface area (Å²) in [5.74, 6) is 0.421. The minimum absolute atomic E-state index is 0.279. The predicted molar refractivity (Wildman–Crippen MR) is 155 cm³/mol. The number of methoxy groups -OCH3 is 3. The Labute approximate surface area is 221 Å². The highest BCUT2D eigenvalue weighted by Crippen LogP contribution is 2.39. The van der Waals surface area contributed by atoms with Crippen molar-refractivity contribution in [1.29, 1.82) is 0 Å². The van der Waals surface area contributed by atoms with E-state index in [1.54, 1.807) is 18.2 Å². The summed E-state index contributed by atoms with van der Waals surface area (Å²) in [5, 5.41) is 9.96. The van der Waals surface area contributed by atoms with Crippen molar-refractivity contribution in [2.24, 2.45) is 0 Å². The first-order chi connectivity index (χ1) is 16.3. The number of carboxylic acids is 1. The maximum absolute atomic E-state index is 12.2. The number of hydrogen-bond donors (Lipinski definition) is 1. The second-order valence-electron chi connectivity index (χ2n) is 11.6. The van der Waals surface area contributed by atoms with Gasteiger partial charge in [0.2, 0.25) is 5.75 Å². The molecule has 0 heterocycles. The Bertz CT molecular complexity index is 848. The van der Waals surface area contributed by atoms with Gasteiger partial charge >= 0.3 is 14.8 Å². The normalized spacial score (nSPS) is 13.5. The van der Waals surface area contributed by atoms with Gasteiger partial charge in [-0.2, -0.15) is 0 Å². The Morgan fingerprint density at radius 3 is 1.50 bits per heavy atom.